The third-order valence-electron chi connectivity index (χ3n) is 5.32. The molecular weight excluding hydrogens is 322 g/mol. The Hall–Kier alpha value is -2.14. The van der Waals surface area contributed by atoms with Gasteiger partial charge < -0.3 is 15.1 Å². The first-order chi connectivity index (χ1) is 12.8. The van der Waals surface area contributed by atoms with Gasteiger partial charge in [-0.3, -0.25) is 0 Å². The maximum absolute atomic E-state index is 4.73. The van der Waals surface area contributed by atoms with Crippen LogP contribution in [0.25, 0.3) is 0 Å². The fraction of sp³-hybridized carbons (Fsp3) is 0.524. The first kappa shape index (κ1) is 18.6. The molecular formula is C21H31N5. The van der Waals surface area contributed by atoms with Gasteiger partial charge in [-0.05, 0) is 43.5 Å². The van der Waals surface area contributed by atoms with Gasteiger partial charge in [0.25, 0.3) is 0 Å². The van der Waals surface area contributed by atoms with Crippen LogP contribution in [0.2, 0.25) is 0 Å². The number of rotatable bonds is 8. The van der Waals surface area contributed by atoms with Crippen LogP contribution in [0.1, 0.15) is 38.2 Å². The van der Waals surface area contributed by atoms with Crippen molar-refractivity contribution in [3.8, 4) is 0 Å². The van der Waals surface area contributed by atoms with Crippen LogP contribution in [-0.2, 0) is 0 Å². The molecule has 1 fully saturated rings. The van der Waals surface area contributed by atoms with Crippen LogP contribution in [0.3, 0.4) is 0 Å². The molecule has 1 aliphatic heterocycles. The van der Waals surface area contributed by atoms with Gasteiger partial charge in [0.1, 0.15) is 5.82 Å². The summed E-state index contributed by atoms with van der Waals surface area (Å²) < 4.78 is 0. The number of hydrogen-bond acceptors (Lipinski definition) is 5. The third-order valence-corrected chi connectivity index (χ3v) is 5.32. The quantitative estimate of drug-likeness (QED) is 0.785. The maximum atomic E-state index is 4.73. The van der Waals surface area contributed by atoms with E-state index in [1.165, 1.54) is 5.56 Å². The van der Waals surface area contributed by atoms with Crippen LogP contribution < -0.4 is 10.2 Å². The van der Waals surface area contributed by atoms with Crippen molar-refractivity contribution >= 4 is 11.8 Å². The van der Waals surface area contributed by atoms with Crippen molar-refractivity contribution in [2.75, 3.05) is 49.5 Å². The molecule has 1 aromatic heterocycles. The lowest BCUT2D eigenvalue weighted by Crippen LogP contribution is -2.34. The number of aromatic nitrogens is 2. The Bertz CT molecular complexity index is 648. The zero-order valence-electron chi connectivity index (χ0n) is 16.1. The first-order valence-corrected chi connectivity index (χ1v) is 9.89. The highest BCUT2D eigenvalue weighted by molar-refractivity contribution is 5.41. The SMILES string of the molecule is CCN(CC)CCNc1ccnc(N2CCC(c3ccccc3)CC2)n1. The van der Waals surface area contributed by atoms with Crippen molar-refractivity contribution in [2.24, 2.45) is 0 Å². The number of nitrogens with zero attached hydrogens (tertiary/aromatic N) is 4. The average Bonchev–Trinajstić information content (AvgIpc) is 2.72. The van der Waals surface area contributed by atoms with E-state index in [0.29, 0.717) is 5.92 Å². The summed E-state index contributed by atoms with van der Waals surface area (Å²) in [4.78, 5) is 13.9. The van der Waals surface area contributed by atoms with Crippen molar-refractivity contribution < 1.29 is 0 Å². The van der Waals surface area contributed by atoms with E-state index in [9.17, 15) is 0 Å². The number of benzene rings is 1. The molecule has 0 atom stereocenters. The lowest BCUT2D eigenvalue weighted by molar-refractivity contribution is 0.316. The lowest BCUT2D eigenvalue weighted by atomic mass is 9.90. The van der Waals surface area contributed by atoms with Gasteiger partial charge in [0.2, 0.25) is 5.95 Å². The van der Waals surface area contributed by atoms with E-state index >= 15 is 0 Å². The van der Waals surface area contributed by atoms with Gasteiger partial charge in [0.15, 0.2) is 0 Å². The van der Waals surface area contributed by atoms with Gasteiger partial charge in [-0.15, -0.1) is 0 Å². The Morgan fingerprint density at radius 2 is 1.81 bits per heavy atom. The molecule has 26 heavy (non-hydrogen) atoms. The summed E-state index contributed by atoms with van der Waals surface area (Å²) in [6, 6.07) is 12.8. The van der Waals surface area contributed by atoms with Crippen molar-refractivity contribution in [1.82, 2.24) is 14.9 Å². The van der Waals surface area contributed by atoms with Gasteiger partial charge in [-0.25, -0.2) is 4.98 Å². The minimum Gasteiger partial charge on any atom is -0.369 e. The Morgan fingerprint density at radius 1 is 1.08 bits per heavy atom. The number of anilines is 2. The van der Waals surface area contributed by atoms with Crippen molar-refractivity contribution in [3.63, 3.8) is 0 Å². The molecule has 0 unspecified atom stereocenters. The van der Waals surface area contributed by atoms with Gasteiger partial charge in [0, 0.05) is 32.4 Å². The molecule has 0 bridgehead atoms. The Kier molecular flexibility index (Phi) is 6.83. The number of hydrogen-bond donors (Lipinski definition) is 1. The molecule has 0 spiro atoms. The van der Waals surface area contributed by atoms with E-state index in [2.05, 4.69) is 64.3 Å². The molecule has 0 saturated carbocycles. The topological polar surface area (TPSA) is 44.3 Å². The van der Waals surface area contributed by atoms with E-state index in [4.69, 9.17) is 4.98 Å². The molecule has 1 saturated heterocycles. The molecule has 1 N–H and O–H groups in total. The molecule has 1 aromatic carbocycles. The van der Waals surface area contributed by atoms with E-state index in [0.717, 1.165) is 63.9 Å². The van der Waals surface area contributed by atoms with Crippen LogP contribution in [0.4, 0.5) is 11.8 Å². The highest BCUT2D eigenvalue weighted by atomic mass is 15.3. The molecule has 140 valence electrons. The normalized spacial score (nSPS) is 15.4. The van der Waals surface area contributed by atoms with Gasteiger partial charge in [-0.1, -0.05) is 44.2 Å². The van der Waals surface area contributed by atoms with Crippen LogP contribution in [0.5, 0.6) is 0 Å². The number of likely N-dealkylation sites (N-methyl/N-ethyl adjacent to an activating group) is 1. The summed E-state index contributed by atoms with van der Waals surface area (Å²) in [7, 11) is 0. The molecule has 5 nitrogen and oxygen atoms in total. The third kappa shape index (κ3) is 4.94. The second-order valence-electron chi connectivity index (χ2n) is 6.87. The van der Waals surface area contributed by atoms with Crippen molar-refractivity contribution in [2.45, 2.75) is 32.6 Å². The minimum absolute atomic E-state index is 0.655. The summed E-state index contributed by atoms with van der Waals surface area (Å²) in [6.45, 7) is 10.6. The van der Waals surface area contributed by atoms with E-state index < -0.39 is 0 Å². The van der Waals surface area contributed by atoms with Crippen molar-refractivity contribution in [3.05, 3.63) is 48.2 Å². The van der Waals surface area contributed by atoms with E-state index in [-0.39, 0.29) is 0 Å². The summed E-state index contributed by atoms with van der Waals surface area (Å²) in [5, 5.41) is 3.44. The number of piperidine rings is 1. The monoisotopic (exact) mass is 353 g/mol. The smallest absolute Gasteiger partial charge is 0.227 e. The summed E-state index contributed by atoms with van der Waals surface area (Å²) in [6.07, 6.45) is 4.19. The zero-order chi connectivity index (χ0) is 18.2. The molecule has 0 aliphatic carbocycles. The Labute approximate surface area is 157 Å². The largest absolute Gasteiger partial charge is 0.369 e. The van der Waals surface area contributed by atoms with Gasteiger partial charge in [-0.2, -0.15) is 4.98 Å². The Balaban J connectivity index is 1.52. The molecule has 0 amide bonds. The fourth-order valence-electron chi connectivity index (χ4n) is 3.62. The summed E-state index contributed by atoms with van der Waals surface area (Å²) in [5.41, 5.74) is 1.46. The van der Waals surface area contributed by atoms with Crippen LogP contribution >= 0.6 is 0 Å². The fourth-order valence-corrected chi connectivity index (χ4v) is 3.62. The molecule has 2 heterocycles. The lowest BCUT2D eigenvalue weighted by Gasteiger charge is -2.32. The predicted octanol–water partition coefficient (Wildman–Crippen LogP) is 3.61. The average molecular weight is 354 g/mol. The molecule has 2 aromatic rings. The second kappa shape index (κ2) is 9.53. The number of nitrogens with one attached hydrogen (secondary N) is 1. The van der Waals surface area contributed by atoms with Crippen LogP contribution in [-0.4, -0.2) is 54.1 Å². The molecule has 5 heteroatoms. The molecule has 3 rings (SSSR count). The minimum atomic E-state index is 0.655. The zero-order valence-corrected chi connectivity index (χ0v) is 16.1. The van der Waals surface area contributed by atoms with Crippen LogP contribution in [0.15, 0.2) is 42.6 Å². The standard InChI is InChI=1S/C21H31N5/c1-3-25(4-2)17-14-22-20-10-13-23-21(24-20)26-15-11-19(12-16-26)18-8-6-5-7-9-18/h5-10,13,19H,3-4,11-12,14-17H2,1-2H3,(H,22,23,24). The van der Waals surface area contributed by atoms with Gasteiger partial charge in [0.05, 0.1) is 0 Å². The highest BCUT2D eigenvalue weighted by Crippen LogP contribution is 2.29. The van der Waals surface area contributed by atoms with Crippen LogP contribution in [0, 0.1) is 0 Å². The molecule has 1 aliphatic rings. The van der Waals surface area contributed by atoms with E-state index in [1.54, 1.807) is 0 Å². The highest BCUT2D eigenvalue weighted by Gasteiger charge is 2.22. The summed E-state index contributed by atoms with van der Waals surface area (Å²) >= 11 is 0. The van der Waals surface area contributed by atoms with E-state index in [1.807, 2.05) is 12.3 Å². The second-order valence-corrected chi connectivity index (χ2v) is 6.87. The molecule has 0 radical (unpaired) electrons. The van der Waals surface area contributed by atoms with Crippen molar-refractivity contribution in [1.29, 1.82) is 0 Å². The van der Waals surface area contributed by atoms with Gasteiger partial charge >= 0.3 is 0 Å². The predicted molar refractivity (Wildman–Crippen MR) is 109 cm³/mol. The maximum Gasteiger partial charge on any atom is 0.227 e. The first-order valence-electron chi connectivity index (χ1n) is 9.89. The Morgan fingerprint density at radius 3 is 2.50 bits per heavy atom. The summed E-state index contributed by atoms with van der Waals surface area (Å²) in [5.74, 6) is 2.43.